The topological polar surface area (TPSA) is 87.7 Å². The van der Waals surface area contributed by atoms with Gasteiger partial charge in [0, 0.05) is 6.54 Å². The Hall–Kier alpha value is -2.08. The maximum Gasteiger partial charge on any atom is 0.409 e. The monoisotopic (exact) mass is 308 g/mol. The van der Waals surface area contributed by atoms with Crippen molar-refractivity contribution in [1.29, 1.82) is 0 Å². The molecule has 0 radical (unpaired) electrons. The molecule has 22 heavy (non-hydrogen) atoms. The van der Waals surface area contributed by atoms with E-state index in [1.165, 1.54) is 0 Å². The SMILES string of the molecule is CCCCCNC(=O)O[C@H](O)C(=O)N[C@H](C)c1ccccc1. The molecule has 0 saturated heterocycles. The first-order valence-corrected chi connectivity index (χ1v) is 7.52. The van der Waals surface area contributed by atoms with Gasteiger partial charge < -0.3 is 20.5 Å². The van der Waals surface area contributed by atoms with Crippen molar-refractivity contribution < 1.29 is 19.4 Å². The zero-order chi connectivity index (χ0) is 16.4. The summed E-state index contributed by atoms with van der Waals surface area (Å²) in [4.78, 5) is 23.2. The van der Waals surface area contributed by atoms with Crippen molar-refractivity contribution in [3.63, 3.8) is 0 Å². The average molecular weight is 308 g/mol. The van der Waals surface area contributed by atoms with Gasteiger partial charge in [0.15, 0.2) is 0 Å². The van der Waals surface area contributed by atoms with Crippen LogP contribution in [0.1, 0.15) is 44.7 Å². The molecular weight excluding hydrogens is 284 g/mol. The van der Waals surface area contributed by atoms with Gasteiger partial charge in [-0.2, -0.15) is 0 Å². The Morgan fingerprint density at radius 3 is 2.55 bits per heavy atom. The fourth-order valence-electron chi connectivity index (χ4n) is 1.87. The highest BCUT2D eigenvalue weighted by Gasteiger charge is 2.21. The maximum atomic E-state index is 11.8. The molecule has 0 aliphatic heterocycles. The lowest BCUT2D eigenvalue weighted by molar-refractivity contribution is -0.148. The molecule has 2 atom stereocenters. The first-order chi connectivity index (χ1) is 10.5. The van der Waals surface area contributed by atoms with Gasteiger partial charge in [0.05, 0.1) is 6.04 Å². The van der Waals surface area contributed by atoms with Crippen LogP contribution < -0.4 is 10.6 Å². The van der Waals surface area contributed by atoms with Gasteiger partial charge in [0.2, 0.25) is 0 Å². The van der Waals surface area contributed by atoms with E-state index in [4.69, 9.17) is 0 Å². The van der Waals surface area contributed by atoms with Gasteiger partial charge in [0.25, 0.3) is 12.2 Å². The van der Waals surface area contributed by atoms with Crippen molar-refractivity contribution in [3.05, 3.63) is 35.9 Å². The third-order valence-corrected chi connectivity index (χ3v) is 3.15. The van der Waals surface area contributed by atoms with Crippen LogP contribution in [-0.2, 0) is 9.53 Å². The highest BCUT2D eigenvalue weighted by atomic mass is 16.6. The number of rotatable bonds is 8. The molecule has 0 bridgehead atoms. The Bertz CT molecular complexity index is 464. The Morgan fingerprint density at radius 1 is 1.23 bits per heavy atom. The Morgan fingerprint density at radius 2 is 1.91 bits per heavy atom. The number of alkyl carbamates (subject to hydrolysis) is 1. The average Bonchev–Trinajstić information content (AvgIpc) is 2.52. The standard InChI is InChI=1S/C16H24N2O4/c1-3-4-8-11-17-16(21)22-15(20)14(19)18-12(2)13-9-6-5-7-10-13/h5-7,9-10,12,15,20H,3-4,8,11H2,1-2H3,(H,17,21)(H,18,19)/t12-,15+/m1/s1. The number of benzene rings is 1. The van der Waals surface area contributed by atoms with Gasteiger partial charge in [-0.3, -0.25) is 4.79 Å². The van der Waals surface area contributed by atoms with Crippen LogP contribution in [0, 0.1) is 0 Å². The van der Waals surface area contributed by atoms with Gasteiger partial charge >= 0.3 is 6.09 Å². The summed E-state index contributed by atoms with van der Waals surface area (Å²) in [7, 11) is 0. The van der Waals surface area contributed by atoms with Crippen LogP contribution in [0.3, 0.4) is 0 Å². The normalized spacial score (nSPS) is 13.0. The van der Waals surface area contributed by atoms with E-state index in [0.29, 0.717) is 6.54 Å². The number of ether oxygens (including phenoxy) is 1. The minimum absolute atomic E-state index is 0.292. The zero-order valence-electron chi connectivity index (χ0n) is 13.0. The fraction of sp³-hybridized carbons (Fsp3) is 0.500. The van der Waals surface area contributed by atoms with Crippen LogP contribution in [0.4, 0.5) is 4.79 Å². The number of nitrogens with one attached hydrogen (secondary N) is 2. The predicted octanol–water partition coefficient (Wildman–Crippen LogP) is 2.10. The Balaban J connectivity index is 2.34. The molecule has 0 spiro atoms. The van der Waals surface area contributed by atoms with Gasteiger partial charge in [0.1, 0.15) is 0 Å². The van der Waals surface area contributed by atoms with E-state index in [0.717, 1.165) is 24.8 Å². The second-order valence-electron chi connectivity index (χ2n) is 5.03. The van der Waals surface area contributed by atoms with Crippen molar-refractivity contribution in [1.82, 2.24) is 10.6 Å². The number of carbonyl (C=O) groups excluding carboxylic acids is 2. The number of aliphatic hydroxyl groups is 1. The summed E-state index contributed by atoms with van der Waals surface area (Å²) in [6.45, 7) is 4.30. The third-order valence-electron chi connectivity index (χ3n) is 3.15. The number of unbranched alkanes of at least 4 members (excludes halogenated alkanes) is 2. The van der Waals surface area contributed by atoms with Crippen molar-refractivity contribution in [2.24, 2.45) is 0 Å². The zero-order valence-corrected chi connectivity index (χ0v) is 13.0. The maximum absolute atomic E-state index is 11.8. The van der Waals surface area contributed by atoms with E-state index >= 15 is 0 Å². The second-order valence-corrected chi connectivity index (χ2v) is 5.03. The van der Waals surface area contributed by atoms with Crippen LogP contribution in [0.15, 0.2) is 30.3 Å². The number of hydrogen-bond acceptors (Lipinski definition) is 4. The molecule has 1 aromatic rings. The van der Waals surface area contributed by atoms with Crippen molar-refractivity contribution in [2.75, 3.05) is 6.54 Å². The molecular formula is C16H24N2O4. The van der Waals surface area contributed by atoms with Crippen LogP contribution in [0.25, 0.3) is 0 Å². The van der Waals surface area contributed by atoms with E-state index in [2.05, 4.69) is 22.3 Å². The van der Waals surface area contributed by atoms with Crippen molar-refractivity contribution in [3.8, 4) is 0 Å². The van der Waals surface area contributed by atoms with Gasteiger partial charge in [-0.15, -0.1) is 0 Å². The molecule has 6 nitrogen and oxygen atoms in total. The number of aliphatic hydroxyl groups excluding tert-OH is 1. The smallest absolute Gasteiger partial charge is 0.409 e. The lowest BCUT2D eigenvalue weighted by Crippen LogP contribution is -2.41. The molecule has 0 aliphatic carbocycles. The summed E-state index contributed by atoms with van der Waals surface area (Å²) in [5, 5.41) is 14.7. The van der Waals surface area contributed by atoms with E-state index in [9.17, 15) is 14.7 Å². The predicted molar refractivity (Wildman–Crippen MR) is 83.0 cm³/mol. The second kappa shape index (κ2) is 9.78. The largest absolute Gasteiger partial charge is 0.410 e. The lowest BCUT2D eigenvalue weighted by atomic mass is 10.1. The van der Waals surface area contributed by atoms with Crippen LogP contribution in [0.2, 0.25) is 0 Å². The highest BCUT2D eigenvalue weighted by molar-refractivity contribution is 5.82. The van der Waals surface area contributed by atoms with Gasteiger partial charge in [-0.1, -0.05) is 50.1 Å². The minimum atomic E-state index is -1.82. The van der Waals surface area contributed by atoms with Crippen molar-refractivity contribution >= 4 is 12.0 Å². The quantitative estimate of drug-likeness (QED) is 0.507. The number of hydrogen-bond donors (Lipinski definition) is 3. The third kappa shape index (κ3) is 6.58. The molecule has 6 heteroatoms. The molecule has 0 saturated carbocycles. The number of amides is 2. The highest BCUT2D eigenvalue weighted by Crippen LogP contribution is 2.11. The minimum Gasteiger partial charge on any atom is -0.410 e. The lowest BCUT2D eigenvalue weighted by Gasteiger charge is -2.17. The summed E-state index contributed by atoms with van der Waals surface area (Å²) in [6.07, 6.45) is 0.249. The molecule has 2 amide bonds. The first-order valence-electron chi connectivity index (χ1n) is 7.52. The van der Waals surface area contributed by atoms with Crippen LogP contribution in [0.5, 0.6) is 0 Å². The van der Waals surface area contributed by atoms with Gasteiger partial charge in [-0.05, 0) is 18.9 Å². The fourth-order valence-corrected chi connectivity index (χ4v) is 1.87. The molecule has 3 N–H and O–H groups in total. The molecule has 0 unspecified atom stereocenters. The summed E-state index contributed by atoms with van der Waals surface area (Å²) >= 11 is 0. The number of carbonyl (C=O) groups is 2. The van der Waals surface area contributed by atoms with E-state index in [1.54, 1.807) is 6.92 Å². The van der Waals surface area contributed by atoms with Gasteiger partial charge in [-0.25, -0.2) is 4.79 Å². The molecule has 1 aromatic carbocycles. The Labute approximate surface area is 130 Å². The van der Waals surface area contributed by atoms with E-state index in [-0.39, 0.29) is 6.04 Å². The molecule has 1 rings (SSSR count). The summed E-state index contributed by atoms with van der Waals surface area (Å²) in [6, 6.07) is 9.01. The van der Waals surface area contributed by atoms with E-state index in [1.807, 2.05) is 30.3 Å². The molecule has 0 aromatic heterocycles. The molecule has 122 valence electrons. The molecule has 0 aliphatic rings. The van der Waals surface area contributed by atoms with Crippen molar-refractivity contribution in [2.45, 2.75) is 45.4 Å². The van der Waals surface area contributed by atoms with Crippen LogP contribution >= 0.6 is 0 Å². The summed E-state index contributed by atoms with van der Waals surface area (Å²) in [5.74, 6) is -0.750. The van der Waals surface area contributed by atoms with Crippen LogP contribution in [-0.4, -0.2) is 29.9 Å². The molecule has 0 fully saturated rings. The Kier molecular flexibility index (Phi) is 7.99. The summed E-state index contributed by atoms with van der Waals surface area (Å²) < 4.78 is 4.62. The summed E-state index contributed by atoms with van der Waals surface area (Å²) in [5.41, 5.74) is 0.895. The first kappa shape index (κ1) is 18.0. The molecule has 0 heterocycles. The van der Waals surface area contributed by atoms with E-state index < -0.39 is 18.3 Å².